The summed E-state index contributed by atoms with van der Waals surface area (Å²) in [6.45, 7) is 14.6. The maximum Gasteiger partial charge on any atom is 0.159 e. The third-order valence-electron chi connectivity index (χ3n) is 32.3. The van der Waals surface area contributed by atoms with Crippen molar-refractivity contribution in [3.63, 3.8) is 0 Å². The molecule has 5 heteroatoms. The SMILES string of the molecule is CC1(C)c2ccccc2-c2ccc(N(c3ccc4c(c3)C3(c5ccc(-c6ccc7c(c6)C(C)(C)c6ccc8c(c6-7)-c6ccccc6C86c7ccccc7-c7ccc(N(c8cccc(N(c9ccccc9)c9ccc(-c%10ccccc%10)cc9)c8)c8cccc9c8oc8ccccc89)cc76)cc5-4)c4ccccc4-c4c3ccc3c4-c4ccccc4C3(C)C)c3cccc4c3oc3ccccc34)cc21. The van der Waals surface area contributed by atoms with Crippen molar-refractivity contribution in [3.8, 4) is 100 Å². The minimum absolute atomic E-state index is 0.207. The number of hydrogen-bond acceptors (Lipinski definition) is 5. The van der Waals surface area contributed by atoms with E-state index in [0.29, 0.717) is 0 Å². The number of fused-ring (bicyclic) bond motifs is 37. The molecule has 7 aliphatic rings. The van der Waals surface area contributed by atoms with Crippen LogP contribution in [-0.2, 0) is 27.1 Å². The van der Waals surface area contributed by atoms with E-state index in [4.69, 9.17) is 8.83 Å². The Morgan fingerprint density at radius 2 is 0.478 bits per heavy atom. The second kappa shape index (κ2) is 27.8. The zero-order chi connectivity index (χ0) is 90.1. The van der Waals surface area contributed by atoms with Crippen molar-refractivity contribution in [1.29, 1.82) is 0 Å². The molecule has 29 rings (SSSR count). The maximum absolute atomic E-state index is 7.14. The molecule has 0 saturated carbocycles. The molecule has 2 aromatic heterocycles. The minimum Gasteiger partial charge on any atom is -0.454 e. The Balaban J connectivity index is 0.601. The van der Waals surface area contributed by atoms with E-state index >= 15 is 0 Å². The minimum atomic E-state index is -0.726. The van der Waals surface area contributed by atoms with Crippen LogP contribution in [0.15, 0.2) is 440 Å². The average molecular weight is 1740 g/mol. The molecule has 0 N–H and O–H groups in total. The molecule has 2 heterocycles. The molecule has 0 radical (unpaired) electrons. The molecule has 0 amide bonds. The predicted octanol–water partition coefficient (Wildman–Crippen LogP) is 34.8. The summed E-state index contributed by atoms with van der Waals surface area (Å²) in [6.07, 6.45) is 0. The molecule has 2 atom stereocenters. The van der Waals surface area contributed by atoms with Crippen molar-refractivity contribution in [2.24, 2.45) is 0 Å². The molecule has 5 nitrogen and oxygen atoms in total. The molecule has 22 aromatic rings. The molecule has 0 saturated heterocycles. The van der Waals surface area contributed by atoms with Crippen LogP contribution < -0.4 is 14.7 Å². The van der Waals surface area contributed by atoms with Crippen LogP contribution in [0.3, 0.4) is 0 Å². The van der Waals surface area contributed by atoms with Crippen LogP contribution in [-0.4, -0.2) is 0 Å². The molecule has 2 spiro atoms. The zero-order valence-electron chi connectivity index (χ0n) is 76.2. The fourth-order valence-corrected chi connectivity index (χ4v) is 26.3. The van der Waals surface area contributed by atoms with Gasteiger partial charge in [-0.1, -0.05) is 357 Å². The molecule has 0 fully saturated rings. The Bertz CT molecular complexity index is 8990. The van der Waals surface area contributed by atoms with Gasteiger partial charge in [-0.15, -0.1) is 0 Å². The maximum atomic E-state index is 7.14. The molecule has 0 aliphatic heterocycles. The zero-order valence-corrected chi connectivity index (χ0v) is 76.2. The van der Waals surface area contributed by atoms with Crippen LogP contribution in [0, 0.1) is 0 Å². The van der Waals surface area contributed by atoms with Crippen LogP contribution >= 0.6 is 0 Å². The lowest BCUT2D eigenvalue weighted by Gasteiger charge is -2.33. The number of benzene rings is 20. The van der Waals surface area contributed by atoms with Crippen LogP contribution in [0.1, 0.15) is 119 Å². The van der Waals surface area contributed by atoms with E-state index in [1.165, 1.54) is 178 Å². The third-order valence-corrected chi connectivity index (χ3v) is 32.3. The second-order valence-electron chi connectivity index (χ2n) is 39.9. The number of rotatable bonds is 11. The summed E-state index contributed by atoms with van der Waals surface area (Å²) >= 11 is 0. The summed E-state index contributed by atoms with van der Waals surface area (Å²) < 4.78 is 14.3. The second-order valence-corrected chi connectivity index (χ2v) is 39.9. The molecule has 2 unspecified atom stereocenters. The Kier molecular flexibility index (Phi) is 15.7. The Labute approximate surface area is 790 Å². The van der Waals surface area contributed by atoms with Gasteiger partial charge >= 0.3 is 0 Å². The van der Waals surface area contributed by atoms with Gasteiger partial charge in [0, 0.05) is 77.6 Å². The number of nitrogens with zero attached hydrogens (tertiary/aromatic N) is 3. The summed E-state index contributed by atoms with van der Waals surface area (Å²) in [7, 11) is 0. The molecule has 640 valence electrons. The summed E-state index contributed by atoms with van der Waals surface area (Å²) in [5.74, 6) is 0. The first-order valence-electron chi connectivity index (χ1n) is 47.8. The first kappa shape index (κ1) is 77.0. The van der Waals surface area contributed by atoms with Crippen LogP contribution in [0.4, 0.5) is 51.2 Å². The first-order chi connectivity index (χ1) is 66.7. The van der Waals surface area contributed by atoms with E-state index in [2.05, 4.69) is 487 Å². The van der Waals surface area contributed by atoms with Crippen molar-refractivity contribution in [2.75, 3.05) is 14.7 Å². The first-order valence-corrected chi connectivity index (χ1v) is 47.8. The van der Waals surface area contributed by atoms with Crippen molar-refractivity contribution >= 4 is 95.1 Å². The summed E-state index contributed by atoms with van der Waals surface area (Å²) in [5, 5.41) is 4.33. The lowest BCUT2D eigenvalue weighted by atomic mass is 9.70. The Morgan fingerprint density at radius 3 is 1.04 bits per heavy atom. The monoisotopic (exact) mass is 1740 g/mol. The van der Waals surface area contributed by atoms with E-state index in [1.807, 2.05) is 0 Å². The van der Waals surface area contributed by atoms with Gasteiger partial charge in [-0.2, -0.15) is 0 Å². The van der Waals surface area contributed by atoms with Crippen LogP contribution in [0.2, 0.25) is 0 Å². The van der Waals surface area contributed by atoms with Gasteiger partial charge in [0.2, 0.25) is 0 Å². The van der Waals surface area contributed by atoms with Gasteiger partial charge in [-0.05, 0) is 293 Å². The quantitative estimate of drug-likeness (QED) is 0.129. The summed E-state index contributed by atoms with van der Waals surface area (Å²) in [5.41, 5.74) is 51.4. The van der Waals surface area contributed by atoms with Crippen molar-refractivity contribution in [1.82, 2.24) is 0 Å². The highest BCUT2D eigenvalue weighted by Gasteiger charge is 2.57. The summed E-state index contributed by atoms with van der Waals surface area (Å²) in [4.78, 5) is 7.33. The highest BCUT2D eigenvalue weighted by atomic mass is 16.3. The molecule has 20 aromatic carbocycles. The standard InChI is InChI=1S/C131H89N3O2/c1-127(2)104-46-21-15-40-98(104)121-109(127)68-70-112-123(121)100-42-17-24-49-107(100)131(112)108-67-57-80(72-102(108)93-66-62-88(77-116(93)131)134(118-51-29-44-97-95-39-19-26-53-120(95)136-126(97)118)86-60-64-91-89-36-13-20-45-103(89)128(3,4)114(91)75-86)81-56-63-101-113(73-81)129(5,6)110-69-71-111-124(122(101)110)99-41-16-23-48-106(99)130(111)105-47-22-14-37-90(105)92-65-61-87(76-115(92)130)133(117-50-28-43-96-94-38-18-25-52-119(94)135-125(96)117)85-35-27-34-84(74-85)132(82-32-11-8-12-33-82)83-58-54-79(55-59-83)78-30-9-7-10-31-78/h7-77H,1-6H3. The Hall–Kier alpha value is -16.6. The van der Waals surface area contributed by atoms with Gasteiger partial charge in [0.1, 0.15) is 11.2 Å². The fraction of sp³-hybridized carbons (Fsp3) is 0.0840. The van der Waals surface area contributed by atoms with Gasteiger partial charge in [0.05, 0.1) is 22.2 Å². The van der Waals surface area contributed by atoms with E-state index < -0.39 is 10.8 Å². The average Bonchev–Trinajstić information content (AvgIpc) is 1.49. The Morgan fingerprint density at radius 1 is 0.169 bits per heavy atom. The van der Waals surface area contributed by atoms with Gasteiger partial charge in [-0.3, -0.25) is 0 Å². The molecule has 136 heavy (non-hydrogen) atoms. The van der Waals surface area contributed by atoms with Gasteiger partial charge < -0.3 is 23.5 Å². The van der Waals surface area contributed by atoms with E-state index in [-0.39, 0.29) is 16.2 Å². The predicted molar refractivity (Wildman–Crippen MR) is 561 cm³/mol. The largest absolute Gasteiger partial charge is 0.454 e. The molecular formula is C131H89N3O2. The molecule has 0 bridgehead atoms. The summed E-state index contributed by atoms with van der Waals surface area (Å²) in [6, 6.07) is 163. The topological polar surface area (TPSA) is 36.0 Å². The molecule has 7 aliphatic carbocycles. The van der Waals surface area contributed by atoms with Gasteiger partial charge in [0.15, 0.2) is 11.2 Å². The van der Waals surface area contributed by atoms with E-state index in [1.54, 1.807) is 0 Å². The third kappa shape index (κ3) is 10.2. The number of furan rings is 2. The molecular weight excluding hydrogens is 1650 g/mol. The van der Waals surface area contributed by atoms with E-state index in [0.717, 1.165) is 95.1 Å². The van der Waals surface area contributed by atoms with Crippen molar-refractivity contribution < 1.29 is 8.83 Å². The highest BCUT2D eigenvalue weighted by molar-refractivity contribution is 6.14. The van der Waals surface area contributed by atoms with Crippen LogP contribution in [0.5, 0.6) is 0 Å². The smallest absolute Gasteiger partial charge is 0.159 e. The normalized spacial score (nSPS) is 16.2. The van der Waals surface area contributed by atoms with Gasteiger partial charge in [0.25, 0.3) is 0 Å². The highest BCUT2D eigenvalue weighted by Crippen LogP contribution is 2.71. The fourth-order valence-electron chi connectivity index (χ4n) is 26.3. The number of hydrogen-bond donors (Lipinski definition) is 0. The van der Waals surface area contributed by atoms with Crippen LogP contribution in [0.25, 0.3) is 144 Å². The van der Waals surface area contributed by atoms with Gasteiger partial charge in [-0.25, -0.2) is 0 Å². The lowest BCUT2D eigenvalue weighted by Crippen LogP contribution is -2.26. The lowest BCUT2D eigenvalue weighted by molar-refractivity contribution is 0.659. The van der Waals surface area contributed by atoms with E-state index in [9.17, 15) is 0 Å². The number of anilines is 9. The van der Waals surface area contributed by atoms with Crippen molar-refractivity contribution in [3.05, 3.63) is 509 Å². The number of para-hydroxylation sites is 5. The van der Waals surface area contributed by atoms with Crippen molar-refractivity contribution in [2.45, 2.75) is 68.6 Å².